The average Bonchev–Trinajstić information content (AvgIpc) is 2.66. The van der Waals surface area contributed by atoms with Crippen LogP contribution in [0.5, 0.6) is 0 Å². The SMILES string of the molecule is Cc1cccc(CCC(=O)N2CCC(S(=O)(=O)c3ccc(F)cc3)CC2)c1. The van der Waals surface area contributed by atoms with E-state index >= 15 is 0 Å². The van der Waals surface area contributed by atoms with Crippen LogP contribution >= 0.6 is 0 Å². The Labute approximate surface area is 159 Å². The van der Waals surface area contributed by atoms with E-state index in [0.29, 0.717) is 38.8 Å². The molecule has 3 rings (SSSR count). The Morgan fingerprint density at radius 3 is 2.41 bits per heavy atom. The van der Waals surface area contributed by atoms with E-state index in [4.69, 9.17) is 0 Å². The summed E-state index contributed by atoms with van der Waals surface area (Å²) in [5.41, 5.74) is 2.31. The summed E-state index contributed by atoms with van der Waals surface area (Å²) in [6.45, 7) is 2.91. The maximum atomic E-state index is 13.0. The van der Waals surface area contributed by atoms with Crippen molar-refractivity contribution in [1.82, 2.24) is 4.90 Å². The molecule has 4 nitrogen and oxygen atoms in total. The number of aryl methyl sites for hydroxylation is 2. The van der Waals surface area contributed by atoms with Gasteiger partial charge in [-0.25, -0.2) is 12.8 Å². The van der Waals surface area contributed by atoms with Gasteiger partial charge in [0.1, 0.15) is 5.82 Å². The first-order chi connectivity index (χ1) is 12.9. The summed E-state index contributed by atoms with van der Waals surface area (Å²) in [5, 5.41) is -0.524. The molecule has 2 aromatic rings. The highest BCUT2D eigenvalue weighted by molar-refractivity contribution is 7.92. The van der Waals surface area contributed by atoms with Gasteiger partial charge in [-0.05, 0) is 56.0 Å². The van der Waals surface area contributed by atoms with Gasteiger partial charge in [-0.1, -0.05) is 29.8 Å². The molecule has 1 heterocycles. The largest absolute Gasteiger partial charge is 0.343 e. The van der Waals surface area contributed by atoms with Crippen LogP contribution in [0.3, 0.4) is 0 Å². The zero-order valence-electron chi connectivity index (χ0n) is 15.4. The Morgan fingerprint density at radius 1 is 1.11 bits per heavy atom. The van der Waals surface area contributed by atoms with Gasteiger partial charge in [0.2, 0.25) is 5.91 Å². The van der Waals surface area contributed by atoms with Crippen LogP contribution in [0.15, 0.2) is 53.4 Å². The van der Waals surface area contributed by atoms with Crippen molar-refractivity contribution in [2.45, 2.75) is 42.8 Å². The molecule has 0 saturated carbocycles. The van der Waals surface area contributed by atoms with Crippen molar-refractivity contribution < 1.29 is 17.6 Å². The molecule has 1 amide bonds. The molecular formula is C21H24FNO3S. The first kappa shape index (κ1) is 19.5. The fourth-order valence-electron chi connectivity index (χ4n) is 3.51. The minimum atomic E-state index is -3.49. The molecule has 0 unspecified atom stereocenters. The second-order valence-corrected chi connectivity index (χ2v) is 9.30. The molecule has 0 bridgehead atoms. The summed E-state index contributed by atoms with van der Waals surface area (Å²) in [6, 6.07) is 13.1. The molecule has 0 spiro atoms. The predicted octanol–water partition coefficient (Wildman–Crippen LogP) is 3.53. The van der Waals surface area contributed by atoms with Crippen molar-refractivity contribution in [3.8, 4) is 0 Å². The van der Waals surface area contributed by atoms with E-state index < -0.39 is 20.9 Å². The average molecular weight is 389 g/mol. The van der Waals surface area contributed by atoms with Crippen molar-refractivity contribution in [1.29, 1.82) is 0 Å². The van der Waals surface area contributed by atoms with Crippen LogP contribution in [0.25, 0.3) is 0 Å². The number of benzene rings is 2. The van der Waals surface area contributed by atoms with Crippen LogP contribution < -0.4 is 0 Å². The van der Waals surface area contributed by atoms with E-state index in [1.165, 1.54) is 17.7 Å². The Morgan fingerprint density at radius 2 is 1.78 bits per heavy atom. The minimum Gasteiger partial charge on any atom is -0.343 e. The maximum absolute atomic E-state index is 13.0. The smallest absolute Gasteiger partial charge is 0.222 e. The quantitative estimate of drug-likeness (QED) is 0.735. The molecular weight excluding hydrogens is 365 g/mol. The predicted molar refractivity (Wildman–Crippen MR) is 103 cm³/mol. The van der Waals surface area contributed by atoms with Crippen molar-refractivity contribution in [2.75, 3.05) is 13.1 Å². The number of sulfone groups is 1. The number of likely N-dealkylation sites (tertiary alicyclic amines) is 1. The number of hydrogen-bond acceptors (Lipinski definition) is 3. The van der Waals surface area contributed by atoms with Crippen LogP contribution in [-0.2, 0) is 21.1 Å². The highest BCUT2D eigenvalue weighted by Crippen LogP contribution is 2.25. The third-order valence-corrected chi connectivity index (χ3v) is 7.36. The third-order valence-electron chi connectivity index (χ3n) is 5.09. The Kier molecular flexibility index (Phi) is 5.95. The van der Waals surface area contributed by atoms with Gasteiger partial charge in [-0.15, -0.1) is 0 Å². The molecule has 1 saturated heterocycles. The standard InChI is InChI=1S/C21H24FNO3S/c1-16-3-2-4-17(15-16)5-10-21(24)23-13-11-20(12-14-23)27(25,26)19-8-6-18(22)7-9-19/h2-4,6-9,15,20H,5,10-14H2,1H3. The fourth-order valence-corrected chi connectivity index (χ4v) is 5.24. The Bertz CT molecular complexity index is 901. The Hall–Kier alpha value is -2.21. The molecule has 144 valence electrons. The lowest BCUT2D eigenvalue weighted by Crippen LogP contribution is -2.42. The number of hydrogen-bond donors (Lipinski definition) is 0. The highest BCUT2D eigenvalue weighted by Gasteiger charge is 2.32. The zero-order valence-corrected chi connectivity index (χ0v) is 16.2. The van der Waals surface area contributed by atoms with Crippen LogP contribution in [0.1, 0.15) is 30.4 Å². The maximum Gasteiger partial charge on any atom is 0.222 e. The molecule has 27 heavy (non-hydrogen) atoms. The summed E-state index contributed by atoms with van der Waals surface area (Å²) < 4.78 is 38.4. The second-order valence-electron chi connectivity index (χ2n) is 7.07. The van der Waals surface area contributed by atoms with Gasteiger partial charge in [-0.2, -0.15) is 0 Å². The monoisotopic (exact) mass is 389 g/mol. The number of amides is 1. The van der Waals surface area contributed by atoms with Gasteiger partial charge in [0, 0.05) is 19.5 Å². The van der Waals surface area contributed by atoms with Crippen LogP contribution in [0, 0.1) is 12.7 Å². The number of carbonyl (C=O) groups excluding carboxylic acids is 1. The molecule has 0 aliphatic carbocycles. The fraction of sp³-hybridized carbons (Fsp3) is 0.381. The lowest BCUT2D eigenvalue weighted by molar-refractivity contribution is -0.132. The van der Waals surface area contributed by atoms with Gasteiger partial charge in [-0.3, -0.25) is 4.79 Å². The third kappa shape index (κ3) is 4.75. The lowest BCUT2D eigenvalue weighted by atomic mass is 10.1. The number of nitrogens with zero attached hydrogens (tertiary/aromatic N) is 1. The molecule has 1 aliphatic rings. The Balaban J connectivity index is 1.55. The van der Waals surface area contributed by atoms with Crippen LogP contribution in [0.2, 0.25) is 0 Å². The molecule has 0 aromatic heterocycles. The second kappa shape index (κ2) is 8.21. The summed E-state index contributed by atoms with van der Waals surface area (Å²) >= 11 is 0. The summed E-state index contributed by atoms with van der Waals surface area (Å²) in [5.74, 6) is -0.392. The topological polar surface area (TPSA) is 54.5 Å². The summed E-state index contributed by atoms with van der Waals surface area (Å²) in [7, 11) is -3.49. The molecule has 0 N–H and O–H groups in total. The summed E-state index contributed by atoms with van der Waals surface area (Å²) in [4.78, 5) is 14.4. The van der Waals surface area contributed by atoms with Gasteiger partial charge < -0.3 is 4.90 Å². The highest BCUT2D eigenvalue weighted by atomic mass is 32.2. The van der Waals surface area contributed by atoms with Crippen molar-refractivity contribution in [3.05, 3.63) is 65.5 Å². The zero-order chi connectivity index (χ0) is 19.4. The van der Waals surface area contributed by atoms with E-state index in [0.717, 1.165) is 17.7 Å². The van der Waals surface area contributed by atoms with E-state index in [1.807, 2.05) is 25.1 Å². The van der Waals surface area contributed by atoms with Gasteiger partial charge in [0.15, 0.2) is 9.84 Å². The van der Waals surface area contributed by atoms with E-state index in [9.17, 15) is 17.6 Å². The number of piperidine rings is 1. The van der Waals surface area contributed by atoms with Crippen molar-refractivity contribution in [3.63, 3.8) is 0 Å². The molecule has 2 aromatic carbocycles. The van der Waals surface area contributed by atoms with E-state index in [1.54, 1.807) is 4.90 Å². The molecule has 0 atom stereocenters. The number of rotatable bonds is 5. The van der Waals surface area contributed by atoms with Crippen molar-refractivity contribution >= 4 is 15.7 Å². The minimum absolute atomic E-state index is 0.0640. The van der Waals surface area contributed by atoms with Gasteiger partial charge in [0.25, 0.3) is 0 Å². The van der Waals surface area contributed by atoms with E-state index in [-0.39, 0.29) is 10.8 Å². The van der Waals surface area contributed by atoms with Crippen molar-refractivity contribution in [2.24, 2.45) is 0 Å². The first-order valence-corrected chi connectivity index (χ1v) is 10.7. The first-order valence-electron chi connectivity index (χ1n) is 9.19. The van der Waals surface area contributed by atoms with Gasteiger partial charge in [0.05, 0.1) is 10.1 Å². The van der Waals surface area contributed by atoms with Gasteiger partial charge >= 0.3 is 0 Å². The number of halogens is 1. The molecule has 6 heteroatoms. The van der Waals surface area contributed by atoms with E-state index in [2.05, 4.69) is 6.07 Å². The van der Waals surface area contributed by atoms with Crippen LogP contribution in [-0.4, -0.2) is 37.6 Å². The number of carbonyl (C=O) groups is 1. The normalized spacial score (nSPS) is 15.7. The molecule has 0 radical (unpaired) electrons. The van der Waals surface area contributed by atoms with Crippen LogP contribution in [0.4, 0.5) is 4.39 Å². The lowest BCUT2D eigenvalue weighted by Gasteiger charge is -2.32. The summed E-state index contributed by atoms with van der Waals surface area (Å²) in [6.07, 6.45) is 1.94. The molecule has 1 aliphatic heterocycles. The molecule has 1 fully saturated rings.